The van der Waals surface area contributed by atoms with Gasteiger partial charge in [0, 0.05) is 31.6 Å². The Morgan fingerprint density at radius 2 is 2.17 bits per heavy atom. The molecule has 58 valence electrons. The van der Waals surface area contributed by atoms with Crippen molar-refractivity contribution >= 4 is 5.91 Å². The second-order valence-corrected chi connectivity index (χ2v) is 2.52. The van der Waals surface area contributed by atoms with Crippen LogP contribution in [0.1, 0.15) is 15.9 Å². The fourth-order valence-corrected chi connectivity index (χ4v) is 1.22. The summed E-state index contributed by atoms with van der Waals surface area (Å²) in [6, 6.07) is 4.75. The maximum atomic E-state index is 11.0. The third-order valence-electron chi connectivity index (χ3n) is 1.77. The molecule has 0 bridgehead atoms. The Balaban J connectivity index is 0.000000720. The fourth-order valence-electron chi connectivity index (χ4n) is 1.22. The maximum Gasteiger partial charge on any atom is 0.251 e. The third-order valence-corrected chi connectivity index (χ3v) is 1.77. The molecule has 1 aromatic carbocycles. The van der Waals surface area contributed by atoms with Crippen molar-refractivity contribution in [3.8, 4) is 5.75 Å². The molecule has 4 heteroatoms. The molecule has 0 unspecified atom stereocenters. The van der Waals surface area contributed by atoms with Gasteiger partial charge in [0.15, 0.2) is 0 Å². The van der Waals surface area contributed by atoms with E-state index in [4.69, 9.17) is 5.11 Å². The van der Waals surface area contributed by atoms with Crippen LogP contribution in [-0.4, -0.2) is 11.0 Å². The van der Waals surface area contributed by atoms with E-state index < -0.39 is 0 Å². The molecule has 0 saturated heterocycles. The minimum absolute atomic E-state index is 0. The molecule has 1 amide bonds. The molecule has 0 aromatic heterocycles. The average molecular weight is 215 g/mol. The van der Waals surface area contributed by atoms with Crippen LogP contribution in [0.25, 0.3) is 0 Å². The second-order valence-electron chi connectivity index (χ2n) is 2.52. The van der Waals surface area contributed by atoms with E-state index in [1.807, 2.05) is 0 Å². The number of fused-ring (bicyclic) bond motifs is 1. The van der Waals surface area contributed by atoms with Gasteiger partial charge in [0.25, 0.3) is 5.91 Å². The molecule has 0 atom stereocenters. The zero-order chi connectivity index (χ0) is 7.84. The van der Waals surface area contributed by atoms with Gasteiger partial charge in [0.05, 0.1) is 0 Å². The van der Waals surface area contributed by atoms with E-state index in [9.17, 15) is 4.79 Å². The molecule has 0 saturated carbocycles. The zero-order valence-corrected chi connectivity index (χ0v) is 9.47. The van der Waals surface area contributed by atoms with Gasteiger partial charge >= 0.3 is 0 Å². The number of aromatic hydroxyl groups is 1. The molecule has 1 aliphatic heterocycles. The van der Waals surface area contributed by atoms with Crippen LogP contribution in [0.15, 0.2) is 18.2 Å². The van der Waals surface area contributed by atoms with E-state index in [1.54, 1.807) is 12.1 Å². The molecule has 12 heavy (non-hydrogen) atoms. The average Bonchev–Trinajstić information content (AvgIpc) is 2.32. The quantitative estimate of drug-likeness (QED) is 0.623. The van der Waals surface area contributed by atoms with E-state index in [0.29, 0.717) is 12.1 Å². The number of rotatable bonds is 0. The Labute approximate surface area is 82.5 Å². The molecule has 0 radical (unpaired) electrons. The number of amides is 1. The first-order valence-corrected chi connectivity index (χ1v) is 3.37. The molecule has 1 aliphatic rings. The topological polar surface area (TPSA) is 49.3 Å². The van der Waals surface area contributed by atoms with E-state index in [1.165, 1.54) is 6.07 Å². The summed E-state index contributed by atoms with van der Waals surface area (Å²) in [4.78, 5) is 11.0. The zero-order valence-electron chi connectivity index (χ0n) is 6.50. The third kappa shape index (κ3) is 1.35. The van der Waals surface area contributed by atoms with Crippen molar-refractivity contribution in [1.29, 1.82) is 0 Å². The number of phenols is 1. The van der Waals surface area contributed by atoms with Crippen LogP contribution in [0.4, 0.5) is 0 Å². The van der Waals surface area contributed by atoms with E-state index >= 15 is 0 Å². The molecule has 1 heterocycles. The number of hydrogen-bond acceptors (Lipinski definition) is 2. The summed E-state index contributed by atoms with van der Waals surface area (Å²) in [6.45, 7) is 0.530. The monoisotopic (exact) mass is 213 g/mol. The Morgan fingerprint density at radius 3 is 2.92 bits per heavy atom. The number of carbonyl (C=O) groups excluding carboxylic acids is 1. The molecule has 1 aromatic rings. The van der Waals surface area contributed by atoms with E-state index in [2.05, 4.69) is 5.32 Å². The van der Waals surface area contributed by atoms with Crippen molar-refractivity contribution < 1.29 is 29.4 Å². The van der Waals surface area contributed by atoms with Crippen molar-refractivity contribution in [1.82, 2.24) is 5.32 Å². The van der Waals surface area contributed by atoms with Crippen LogP contribution in [0, 0.1) is 0 Å². The van der Waals surface area contributed by atoms with Crippen LogP contribution in [0.5, 0.6) is 5.75 Å². The molecular formula is C8H7NO2Zn. The number of benzene rings is 1. The number of carbonyl (C=O) groups is 1. The summed E-state index contributed by atoms with van der Waals surface area (Å²) in [6.07, 6.45) is 0. The van der Waals surface area contributed by atoms with Gasteiger partial charge in [-0.3, -0.25) is 4.79 Å². The van der Waals surface area contributed by atoms with Gasteiger partial charge < -0.3 is 10.4 Å². The van der Waals surface area contributed by atoms with Gasteiger partial charge in [-0.25, -0.2) is 0 Å². The first-order chi connectivity index (χ1) is 5.27. The summed E-state index contributed by atoms with van der Waals surface area (Å²) in [5, 5.41) is 11.7. The SMILES string of the molecule is O=C1NCc2cc(O)ccc21.[Zn]. The van der Waals surface area contributed by atoms with Crippen molar-refractivity contribution in [2.75, 3.05) is 0 Å². The Hall–Kier alpha value is -0.887. The predicted molar refractivity (Wildman–Crippen MR) is 39.3 cm³/mol. The summed E-state index contributed by atoms with van der Waals surface area (Å²) >= 11 is 0. The molecule has 0 spiro atoms. The Bertz CT molecular complexity index is 325. The van der Waals surface area contributed by atoms with Crippen molar-refractivity contribution in [3.63, 3.8) is 0 Å². The summed E-state index contributed by atoms with van der Waals surface area (Å²) in [5.74, 6) is 0.153. The fraction of sp³-hybridized carbons (Fsp3) is 0.125. The predicted octanol–water partition coefficient (Wildman–Crippen LogP) is 0.633. The summed E-state index contributed by atoms with van der Waals surface area (Å²) in [5.41, 5.74) is 1.54. The smallest absolute Gasteiger partial charge is 0.251 e. The molecule has 2 N–H and O–H groups in total. The standard InChI is InChI=1S/C8H7NO2.Zn/c10-6-1-2-7-5(3-6)4-9-8(7)11;/h1-3,10H,4H2,(H,9,11);. The van der Waals surface area contributed by atoms with Crippen LogP contribution in [0.3, 0.4) is 0 Å². The van der Waals surface area contributed by atoms with E-state index in [0.717, 1.165) is 5.56 Å². The van der Waals surface area contributed by atoms with E-state index in [-0.39, 0.29) is 31.1 Å². The van der Waals surface area contributed by atoms with Crippen LogP contribution >= 0.6 is 0 Å². The first kappa shape index (κ1) is 9.20. The Morgan fingerprint density at radius 1 is 1.42 bits per heavy atom. The van der Waals surface area contributed by atoms with Crippen LogP contribution < -0.4 is 5.32 Å². The van der Waals surface area contributed by atoms with Crippen molar-refractivity contribution in [2.45, 2.75) is 6.54 Å². The van der Waals surface area contributed by atoms with Crippen molar-refractivity contribution in [3.05, 3.63) is 29.3 Å². The van der Waals surface area contributed by atoms with Gasteiger partial charge in [-0.05, 0) is 23.8 Å². The number of hydrogen-bond donors (Lipinski definition) is 2. The summed E-state index contributed by atoms with van der Waals surface area (Å²) < 4.78 is 0. The largest absolute Gasteiger partial charge is 0.508 e. The number of nitrogens with one attached hydrogen (secondary N) is 1. The molecule has 0 fully saturated rings. The van der Waals surface area contributed by atoms with Gasteiger partial charge in [-0.1, -0.05) is 0 Å². The molecular weight excluding hydrogens is 207 g/mol. The minimum atomic E-state index is -0.0556. The maximum absolute atomic E-state index is 11.0. The Kier molecular flexibility index (Phi) is 2.48. The van der Waals surface area contributed by atoms with Crippen LogP contribution in [-0.2, 0) is 26.0 Å². The molecule has 0 aliphatic carbocycles. The molecule has 3 nitrogen and oxygen atoms in total. The normalized spacial score (nSPS) is 13.2. The van der Waals surface area contributed by atoms with Gasteiger partial charge in [-0.15, -0.1) is 0 Å². The summed E-state index contributed by atoms with van der Waals surface area (Å²) in [7, 11) is 0. The molecule has 2 rings (SSSR count). The first-order valence-electron chi connectivity index (χ1n) is 3.37. The van der Waals surface area contributed by atoms with Crippen LogP contribution in [0.2, 0.25) is 0 Å². The van der Waals surface area contributed by atoms with Gasteiger partial charge in [-0.2, -0.15) is 0 Å². The second kappa shape index (κ2) is 3.24. The number of phenolic OH excluding ortho intramolecular Hbond substituents is 1. The van der Waals surface area contributed by atoms with Crippen molar-refractivity contribution in [2.24, 2.45) is 0 Å². The minimum Gasteiger partial charge on any atom is -0.508 e. The van der Waals surface area contributed by atoms with Gasteiger partial charge in [0.2, 0.25) is 0 Å². The van der Waals surface area contributed by atoms with Gasteiger partial charge in [0.1, 0.15) is 5.75 Å².